The van der Waals surface area contributed by atoms with Gasteiger partial charge in [-0.3, -0.25) is 0 Å². The Morgan fingerprint density at radius 2 is 2.42 bits per heavy atom. The zero-order valence-electron chi connectivity index (χ0n) is 12.0. The van der Waals surface area contributed by atoms with Gasteiger partial charge in [-0.25, -0.2) is 4.98 Å². The molecular weight excluding hydrogens is 238 g/mol. The first-order valence-electron chi connectivity index (χ1n) is 7.22. The lowest BCUT2D eigenvalue weighted by atomic mass is 9.88. The van der Waals surface area contributed by atoms with Gasteiger partial charge in [-0.15, -0.1) is 0 Å². The molecule has 0 aliphatic carbocycles. The van der Waals surface area contributed by atoms with Crippen molar-refractivity contribution in [3.63, 3.8) is 0 Å². The summed E-state index contributed by atoms with van der Waals surface area (Å²) in [5.74, 6) is 0.587. The molecular formula is C15H25N3O. The Bertz CT molecular complexity index is 402. The highest BCUT2D eigenvalue weighted by molar-refractivity contribution is 5.32. The summed E-state index contributed by atoms with van der Waals surface area (Å²) in [7, 11) is 0. The Balaban J connectivity index is 2.09. The van der Waals surface area contributed by atoms with Gasteiger partial charge in [-0.1, -0.05) is 6.92 Å². The lowest BCUT2D eigenvalue weighted by Gasteiger charge is -2.34. The maximum Gasteiger partial charge on any atom is 0.123 e. The number of ether oxygens (including phenoxy) is 1. The zero-order valence-corrected chi connectivity index (χ0v) is 12.0. The molecule has 19 heavy (non-hydrogen) atoms. The molecule has 1 fully saturated rings. The first kappa shape index (κ1) is 14.3. The van der Waals surface area contributed by atoms with Crippen molar-refractivity contribution in [2.45, 2.75) is 51.2 Å². The van der Waals surface area contributed by atoms with Crippen molar-refractivity contribution in [1.29, 1.82) is 0 Å². The van der Waals surface area contributed by atoms with E-state index in [1.807, 2.05) is 12.1 Å². The summed E-state index contributed by atoms with van der Waals surface area (Å²) >= 11 is 0. The molecule has 0 saturated carbocycles. The highest BCUT2D eigenvalue weighted by Gasteiger charge is 2.37. The average molecular weight is 263 g/mol. The molecule has 4 nitrogen and oxygen atoms in total. The third kappa shape index (κ3) is 3.67. The van der Waals surface area contributed by atoms with E-state index in [4.69, 9.17) is 10.5 Å². The summed E-state index contributed by atoms with van der Waals surface area (Å²) in [4.78, 5) is 4.05. The van der Waals surface area contributed by atoms with E-state index in [9.17, 15) is 0 Å². The van der Waals surface area contributed by atoms with Crippen molar-refractivity contribution < 1.29 is 4.74 Å². The zero-order chi connectivity index (χ0) is 13.7. The number of nitrogens with zero attached hydrogens (tertiary/aromatic N) is 1. The van der Waals surface area contributed by atoms with Crippen molar-refractivity contribution >= 4 is 5.82 Å². The summed E-state index contributed by atoms with van der Waals surface area (Å²) in [6.45, 7) is 6.30. The van der Waals surface area contributed by atoms with E-state index in [1.165, 1.54) is 5.56 Å². The fourth-order valence-electron chi connectivity index (χ4n) is 2.76. The van der Waals surface area contributed by atoms with Crippen LogP contribution >= 0.6 is 0 Å². The van der Waals surface area contributed by atoms with Gasteiger partial charge in [0.25, 0.3) is 0 Å². The number of pyridine rings is 1. The minimum absolute atomic E-state index is 0.0623. The van der Waals surface area contributed by atoms with Gasteiger partial charge >= 0.3 is 0 Å². The van der Waals surface area contributed by atoms with Gasteiger partial charge < -0.3 is 15.8 Å². The molecule has 1 aromatic rings. The minimum Gasteiger partial charge on any atom is -0.384 e. The van der Waals surface area contributed by atoms with Crippen LogP contribution in [0.4, 0.5) is 5.82 Å². The Morgan fingerprint density at radius 3 is 3.05 bits per heavy atom. The molecule has 0 radical (unpaired) electrons. The average Bonchev–Trinajstić information content (AvgIpc) is 2.82. The van der Waals surface area contributed by atoms with Crippen LogP contribution in [0.5, 0.6) is 0 Å². The van der Waals surface area contributed by atoms with Crippen molar-refractivity contribution in [3.05, 3.63) is 23.9 Å². The van der Waals surface area contributed by atoms with Crippen LogP contribution in [-0.2, 0) is 11.2 Å². The lowest BCUT2D eigenvalue weighted by molar-refractivity contribution is -0.0114. The third-order valence-corrected chi connectivity index (χ3v) is 3.91. The first-order valence-corrected chi connectivity index (χ1v) is 7.22. The van der Waals surface area contributed by atoms with Crippen LogP contribution in [0.1, 0.15) is 38.7 Å². The first-order chi connectivity index (χ1) is 9.14. The molecule has 3 N–H and O–H groups in total. The van der Waals surface area contributed by atoms with Crippen molar-refractivity contribution in [2.75, 3.05) is 18.9 Å². The molecule has 1 aliphatic rings. The number of hydrogen-bond acceptors (Lipinski definition) is 4. The van der Waals surface area contributed by atoms with Crippen LogP contribution in [0.15, 0.2) is 18.3 Å². The molecule has 2 atom stereocenters. The SMILES string of the molecule is CCCNC(Cc1ccnc(N)c1)C1(C)CCCO1. The smallest absolute Gasteiger partial charge is 0.123 e. The molecule has 2 unspecified atom stereocenters. The molecule has 4 heteroatoms. The number of hydrogen-bond donors (Lipinski definition) is 2. The third-order valence-electron chi connectivity index (χ3n) is 3.91. The maximum absolute atomic E-state index is 5.99. The summed E-state index contributed by atoms with van der Waals surface area (Å²) in [5, 5.41) is 3.63. The number of nitrogen functional groups attached to an aromatic ring is 1. The van der Waals surface area contributed by atoms with Crippen LogP contribution in [0.25, 0.3) is 0 Å². The largest absolute Gasteiger partial charge is 0.384 e. The van der Waals surface area contributed by atoms with Gasteiger partial charge in [-0.2, -0.15) is 0 Å². The number of aromatic nitrogens is 1. The molecule has 1 saturated heterocycles. The molecule has 0 bridgehead atoms. The van der Waals surface area contributed by atoms with E-state index >= 15 is 0 Å². The van der Waals surface area contributed by atoms with E-state index in [1.54, 1.807) is 6.20 Å². The van der Waals surface area contributed by atoms with Gasteiger partial charge in [0.05, 0.1) is 5.60 Å². The van der Waals surface area contributed by atoms with Gasteiger partial charge in [0.2, 0.25) is 0 Å². The highest BCUT2D eigenvalue weighted by atomic mass is 16.5. The summed E-state index contributed by atoms with van der Waals surface area (Å²) < 4.78 is 5.99. The predicted octanol–water partition coefficient (Wildman–Crippen LogP) is 2.14. The fourth-order valence-corrected chi connectivity index (χ4v) is 2.76. The number of anilines is 1. The second-order valence-corrected chi connectivity index (χ2v) is 5.56. The van der Waals surface area contributed by atoms with Crippen molar-refractivity contribution in [1.82, 2.24) is 10.3 Å². The summed E-state index contributed by atoms with van der Waals surface area (Å²) in [5.41, 5.74) is 6.92. The second-order valence-electron chi connectivity index (χ2n) is 5.56. The van der Waals surface area contributed by atoms with E-state index in [0.29, 0.717) is 11.9 Å². The van der Waals surface area contributed by atoms with Gasteiger partial charge in [0.1, 0.15) is 5.82 Å². The molecule has 2 rings (SSSR count). The standard InChI is InChI=1S/C15H25N3O/c1-3-7-17-13(15(2)6-4-9-19-15)10-12-5-8-18-14(16)11-12/h5,8,11,13,17H,3-4,6-7,9-10H2,1-2H3,(H2,16,18). The Kier molecular flexibility index (Phi) is 4.77. The minimum atomic E-state index is -0.0623. The molecule has 1 aliphatic heterocycles. The molecule has 2 heterocycles. The predicted molar refractivity (Wildman–Crippen MR) is 78.0 cm³/mol. The monoisotopic (exact) mass is 263 g/mol. The van der Waals surface area contributed by atoms with Crippen LogP contribution in [-0.4, -0.2) is 29.8 Å². The molecule has 1 aromatic heterocycles. The maximum atomic E-state index is 5.99. The molecule has 0 amide bonds. The highest BCUT2D eigenvalue weighted by Crippen LogP contribution is 2.30. The lowest BCUT2D eigenvalue weighted by Crippen LogP contribution is -2.50. The Morgan fingerprint density at radius 1 is 1.58 bits per heavy atom. The normalized spacial score (nSPS) is 24.5. The number of nitrogens with two attached hydrogens (primary N) is 1. The van der Waals surface area contributed by atoms with Gasteiger partial charge in [0, 0.05) is 18.8 Å². The van der Waals surface area contributed by atoms with E-state index in [2.05, 4.69) is 24.1 Å². The van der Waals surface area contributed by atoms with Gasteiger partial charge in [0.15, 0.2) is 0 Å². The van der Waals surface area contributed by atoms with Crippen LogP contribution in [0, 0.1) is 0 Å². The Hall–Kier alpha value is -1.13. The van der Waals surface area contributed by atoms with Crippen LogP contribution in [0.3, 0.4) is 0 Å². The van der Waals surface area contributed by atoms with E-state index in [-0.39, 0.29) is 5.60 Å². The quantitative estimate of drug-likeness (QED) is 0.825. The van der Waals surface area contributed by atoms with Crippen molar-refractivity contribution in [2.24, 2.45) is 0 Å². The van der Waals surface area contributed by atoms with E-state index in [0.717, 1.165) is 38.8 Å². The van der Waals surface area contributed by atoms with Gasteiger partial charge in [-0.05, 0) is 56.8 Å². The number of rotatable bonds is 6. The number of nitrogens with one attached hydrogen (secondary N) is 1. The Labute approximate surface area is 115 Å². The van der Waals surface area contributed by atoms with Crippen LogP contribution in [0.2, 0.25) is 0 Å². The fraction of sp³-hybridized carbons (Fsp3) is 0.667. The van der Waals surface area contributed by atoms with Crippen LogP contribution < -0.4 is 11.1 Å². The summed E-state index contributed by atoms with van der Waals surface area (Å²) in [6.07, 6.45) is 6.11. The van der Waals surface area contributed by atoms with E-state index < -0.39 is 0 Å². The van der Waals surface area contributed by atoms with Crippen molar-refractivity contribution in [3.8, 4) is 0 Å². The molecule has 106 valence electrons. The molecule has 0 spiro atoms. The topological polar surface area (TPSA) is 60.2 Å². The molecule has 0 aromatic carbocycles. The second kappa shape index (κ2) is 6.35. The summed E-state index contributed by atoms with van der Waals surface area (Å²) in [6, 6.07) is 4.32.